The summed E-state index contributed by atoms with van der Waals surface area (Å²) in [6.45, 7) is 0.792. The third-order valence-electron chi connectivity index (χ3n) is 6.84. The van der Waals surface area contributed by atoms with E-state index in [1.807, 2.05) is 18.2 Å². The van der Waals surface area contributed by atoms with Crippen LogP contribution in [0.5, 0.6) is 5.75 Å². The molecule has 4 amide bonds. The molecule has 3 aliphatic rings. The fourth-order valence-corrected chi connectivity index (χ4v) is 5.34. The molecule has 31 heavy (non-hydrogen) atoms. The Balaban J connectivity index is 1.64. The van der Waals surface area contributed by atoms with Crippen LogP contribution in [0.3, 0.4) is 0 Å². The number of carbonyl (C=O) groups is 3. The van der Waals surface area contributed by atoms with E-state index in [-0.39, 0.29) is 12.5 Å². The number of barbiturate groups is 1. The second-order valence-electron chi connectivity index (χ2n) is 8.43. The normalized spacial score (nSPS) is 25.6. The fourth-order valence-electron chi connectivity index (χ4n) is 5.34. The van der Waals surface area contributed by atoms with Gasteiger partial charge in [-0.1, -0.05) is 31.0 Å². The highest BCUT2D eigenvalue weighted by Crippen LogP contribution is 2.47. The van der Waals surface area contributed by atoms with Gasteiger partial charge >= 0.3 is 6.03 Å². The number of nitrogens with zero attached hydrogens (tertiary/aromatic N) is 2. The van der Waals surface area contributed by atoms with Crippen molar-refractivity contribution in [3.8, 4) is 5.75 Å². The summed E-state index contributed by atoms with van der Waals surface area (Å²) >= 11 is 0. The average molecular weight is 419 g/mol. The van der Waals surface area contributed by atoms with Crippen LogP contribution in [0.1, 0.15) is 31.2 Å². The maximum absolute atomic E-state index is 14.0. The number of carbonyl (C=O) groups excluding carboxylic acids is 3. The third kappa shape index (κ3) is 2.91. The predicted molar refractivity (Wildman–Crippen MR) is 116 cm³/mol. The van der Waals surface area contributed by atoms with Gasteiger partial charge in [0, 0.05) is 12.2 Å². The number of ether oxygens (including phenoxy) is 1. The lowest BCUT2D eigenvalue weighted by molar-refractivity contribution is -0.144. The van der Waals surface area contributed by atoms with Crippen LogP contribution >= 0.6 is 0 Å². The molecular weight excluding hydrogens is 394 g/mol. The van der Waals surface area contributed by atoms with Crippen molar-refractivity contribution in [2.75, 3.05) is 23.5 Å². The molecule has 2 fully saturated rings. The minimum Gasteiger partial charge on any atom is -0.497 e. The molecule has 2 saturated heterocycles. The summed E-state index contributed by atoms with van der Waals surface area (Å²) in [5, 5.41) is 2.50. The van der Waals surface area contributed by atoms with Gasteiger partial charge in [0.05, 0.1) is 18.8 Å². The number of hydrogen-bond donors (Lipinski definition) is 1. The Morgan fingerprint density at radius 2 is 1.77 bits per heavy atom. The van der Waals surface area contributed by atoms with Crippen LogP contribution < -0.4 is 19.9 Å². The van der Waals surface area contributed by atoms with E-state index in [0.29, 0.717) is 11.4 Å². The molecule has 2 aromatic carbocycles. The molecule has 3 heterocycles. The maximum atomic E-state index is 14.0. The third-order valence-corrected chi connectivity index (χ3v) is 6.84. The molecule has 160 valence electrons. The Morgan fingerprint density at radius 3 is 2.55 bits per heavy atom. The van der Waals surface area contributed by atoms with E-state index in [9.17, 15) is 14.4 Å². The first-order valence-corrected chi connectivity index (χ1v) is 10.7. The first kappa shape index (κ1) is 19.6. The molecule has 5 rings (SSSR count). The van der Waals surface area contributed by atoms with E-state index in [1.54, 1.807) is 31.4 Å². The summed E-state index contributed by atoms with van der Waals surface area (Å²) in [4.78, 5) is 43.6. The number of para-hydroxylation sites is 1. The van der Waals surface area contributed by atoms with E-state index < -0.39 is 23.3 Å². The number of amides is 4. The van der Waals surface area contributed by atoms with E-state index in [2.05, 4.69) is 16.3 Å². The molecule has 7 heteroatoms. The smallest absolute Gasteiger partial charge is 0.335 e. The number of urea groups is 1. The molecule has 7 nitrogen and oxygen atoms in total. The van der Waals surface area contributed by atoms with Crippen molar-refractivity contribution < 1.29 is 19.1 Å². The Bertz CT molecular complexity index is 1050. The minimum atomic E-state index is -1.34. The number of rotatable bonds is 2. The van der Waals surface area contributed by atoms with Crippen molar-refractivity contribution in [3.05, 3.63) is 54.1 Å². The van der Waals surface area contributed by atoms with Gasteiger partial charge in [-0.2, -0.15) is 0 Å². The first-order valence-electron chi connectivity index (χ1n) is 10.7. The number of imide groups is 2. The molecule has 0 saturated carbocycles. The highest BCUT2D eigenvalue weighted by molar-refractivity contribution is 6.30. The zero-order valence-corrected chi connectivity index (χ0v) is 17.5. The average Bonchev–Trinajstić information content (AvgIpc) is 3.05. The van der Waals surface area contributed by atoms with Crippen LogP contribution in [0, 0.1) is 5.41 Å². The Morgan fingerprint density at radius 1 is 1.00 bits per heavy atom. The molecule has 1 spiro atoms. The van der Waals surface area contributed by atoms with Crippen LogP contribution in [0.2, 0.25) is 0 Å². The Kier molecular flexibility index (Phi) is 4.68. The van der Waals surface area contributed by atoms with Crippen LogP contribution in [-0.4, -0.2) is 37.5 Å². The predicted octanol–water partition coefficient (Wildman–Crippen LogP) is 3.27. The number of methoxy groups -OCH3 is 1. The van der Waals surface area contributed by atoms with Crippen LogP contribution in [0.25, 0.3) is 0 Å². The molecule has 0 aliphatic carbocycles. The summed E-state index contributed by atoms with van der Waals surface area (Å²) < 4.78 is 5.20. The molecule has 0 bridgehead atoms. The van der Waals surface area contributed by atoms with E-state index >= 15 is 0 Å². The van der Waals surface area contributed by atoms with Crippen LogP contribution in [-0.2, 0) is 16.0 Å². The maximum Gasteiger partial charge on any atom is 0.335 e. The summed E-state index contributed by atoms with van der Waals surface area (Å²) in [7, 11) is 1.56. The summed E-state index contributed by atoms with van der Waals surface area (Å²) in [5.74, 6) is -0.308. The highest BCUT2D eigenvalue weighted by Gasteiger charge is 2.62. The van der Waals surface area contributed by atoms with E-state index in [1.165, 1.54) is 0 Å². The van der Waals surface area contributed by atoms with Crippen LogP contribution in [0.4, 0.5) is 16.2 Å². The first-order chi connectivity index (χ1) is 15.1. The quantitative estimate of drug-likeness (QED) is 0.756. The molecule has 0 unspecified atom stereocenters. The lowest BCUT2D eigenvalue weighted by Crippen LogP contribution is -2.72. The Labute approximate surface area is 181 Å². The van der Waals surface area contributed by atoms with E-state index in [4.69, 9.17) is 4.74 Å². The van der Waals surface area contributed by atoms with Crippen molar-refractivity contribution in [3.63, 3.8) is 0 Å². The van der Waals surface area contributed by atoms with Crippen molar-refractivity contribution in [1.82, 2.24) is 5.32 Å². The number of hydrogen-bond acceptors (Lipinski definition) is 5. The van der Waals surface area contributed by atoms with Crippen molar-refractivity contribution >= 4 is 29.2 Å². The zero-order chi connectivity index (χ0) is 21.6. The zero-order valence-electron chi connectivity index (χ0n) is 17.5. The van der Waals surface area contributed by atoms with Gasteiger partial charge in [-0.25, -0.2) is 9.69 Å². The summed E-state index contributed by atoms with van der Waals surface area (Å²) in [6.07, 6.45) is 4.04. The number of anilines is 2. The van der Waals surface area contributed by atoms with Gasteiger partial charge in [0.25, 0.3) is 5.91 Å². The minimum absolute atomic E-state index is 0.286. The molecule has 0 radical (unpaired) electrons. The largest absolute Gasteiger partial charge is 0.497 e. The molecule has 0 aromatic heterocycles. The van der Waals surface area contributed by atoms with Gasteiger partial charge < -0.3 is 9.64 Å². The van der Waals surface area contributed by atoms with Gasteiger partial charge in [0.15, 0.2) is 5.41 Å². The summed E-state index contributed by atoms with van der Waals surface area (Å²) in [5.41, 5.74) is 1.14. The van der Waals surface area contributed by atoms with Crippen molar-refractivity contribution in [2.24, 2.45) is 5.41 Å². The second kappa shape index (κ2) is 7.41. The van der Waals surface area contributed by atoms with Crippen LogP contribution in [0.15, 0.2) is 48.5 Å². The Hall–Kier alpha value is -3.35. The van der Waals surface area contributed by atoms with Gasteiger partial charge in [0.2, 0.25) is 5.91 Å². The lowest BCUT2D eigenvalue weighted by Gasteiger charge is -2.51. The van der Waals surface area contributed by atoms with E-state index in [0.717, 1.165) is 48.4 Å². The number of nitrogens with one attached hydrogen (secondary N) is 1. The highest BCUT2D eigenvalue weighted by atomic mass is 16.5. The van der Waals surface area contributed by atoms with Gasteiger partial charge in [-0.3, -0.25) is 14.9 Å². The molecule has 1 N–H and O–H groups in total. The lowest BCUT2D eigenvalue weighted by atomic mass is 9.67. The second-order valence-corrected chi connectivity index (χ2v) is 8.43. The monoisotopic (exact) mass is 419 g/mol. The topological polar surface area (TPSA) is 79.0 Å². The number of fused-ring (bicyclic) bond motifs is 4. The van der Waals surface area contributed by atoms with Gasteiger partial charge in [0.1, 0.15) is 5.75 Å². The molecular formula is C24H25N3O4. The SMILES string of the molecule is COc1ccc(N2C(=O)NC(=O)[C@@]3(Cc4ccccc4N4CCCCC[C@H]43)C2=O)cc1. The standard InChI is InChI=1S/C24H25N3O4/c1-31-18-12-10-17(11-13-18)27-22(29)24(21(28)25-23(27)30)15-16-7-4-5-8-19(16)26-14-6-2-3-9-20(24)26/h4-5,7-8,10-13,20H,2-3,6,9,14-15H2,1H3,(H,25,28,30)/t20-,24-/m0/s1. The van der Waals surface area contributed by atoms with Gasteiger partial charge in [-0.05, 0) is 55.2 Å². The number of benzene rings is 2. The molecule has 3 aliphatic heterocycles. The molecule has 2 atom stereocenters. The summed E-state index contributed by atoms with van der Waals surface area (Å²) in [6, 6.07) is 13.7. The fraction of sp³-hybridized carbons (Fsp3) is 0.375. The van der Waals surface area contributed by atoms with Gasteiger partial charge in [-0.15, -0.1) is 0 Å². The van der Waals surface area contributed by atoms with Crippen molar-refractivity contribution in [2.45, 2.75) is 38.1 Å². The van der Waals surface area contributed by atoms with Crippen molar-refractivity contribution in [1.29, 1.82) is 0 Å². The molecule has 2 aromatic rings.